The molecule has 4 aromatic rings. The smallest absolute Gasteiger partial charge is 1.00 e. The maximum atomic E-state index is 11.7. The van der Waals surface area contributed by atoms with Gasteiger partial charge in [0.25, 0.3) is 0 Å². The molecule has 9 rings (SSSR count). The summed E-state index contributed by atoms with van der Waals surface area (Å²) in [6, 6.07) is 40.9. The average Bonchev–Trinajstić information content (AvgIpc) is 1.78. The number of aliphatic hydroxyl groups is 1. The first-order valence-corrected chi connectivity index (χ1v) is 42.1. The van der Waals surface area contributed by atoms with E-state index < -0.39 is 0 Å². The zero-order valence-electron chi connectivity index (χ0n) is 72.1. The molecule has 5 fully saturated rings. The molecule has 641 valence electrons. The molecule has 5 heterocycles. The van der Waals surface area contributed by atoms with Gasteiger partial charge in [-0.15, -0.1) is 0 Å². The molecule has 113 heavy (non-hydrogen) atoms. The van der Waals surface area contributed by atoms with Gasteiger partial charge in [-0.2, -0.15) is 25.7 Å². The van der Waals surface area contributed by atoms with Gasteiger partial charge in [-0.1, -0.05) is 191 Å². The first-order chi connectivity index (χ1) is 53.4. The van der Waals surface area contributed by atoms with E-state index >= 15 is 0 Å². The SMILES string of the molecule is BrCc1ccccc1.CCOC(=O)N1CCCC(=O)CC1.CCOC(=O)N1CCCC(O)CC1.CCOC(=O)N1CCCC(OCc2ccccc2)CC1.CCOC(=O)N1CCC[C@@H](OCc2ccccc2)CC1.CCOC(=O)N1CCC[C@H](OCc2ccccc2)CC1.[B].[CH2-]CCC.[CH2-]CCC.[CH2-]CCC.[CH2-]CCC.[H-].[Na+].[Ni]. The van der Waals surface area contributed by atoms with E-state index in [0.29, 0.717) is 98.3 Å². The summed E-state index contributed by atoms with van der Waals surface area (Å²) in [4.78, 5) is 77.3. The summed E-state index contributed by atoms with van der Waals surface area (Å²) < 4.78 is 42.7. The van der Waals surface area contributed by atoms with Crippen molar-refractivity contribution in [3.05, 3.63) is 171 Å². The molecule has 5 amide bonds. The molecule has 5 aliphatic heterocycles. The average molecular weight is 1700 g/mol. The van der Waals surface area contributed by atoms with E-state index in [1.807, 2.05) is 93.6 Å². The Morgan fingerprint density at radius 3 is 0.858 bits per heavy atom. The fourth-order valence-corrected chi connectivity index (χ4v) is 11.0. The van der Waals surface area contributed by atoms with Gasteiger partial charge in [0.15, 0.2) is 0 Å². The Morgan fingerprint density at radius 1 is 0.372 bits per heavy atom. The molecule has 4 atom stereocenters. The van der Waals surface area contributed by atoms with Crippen molar-refractivity contribution in [3.8, 4) is 0 Å². The minimum atomic E-state index is -0.294. The van der Waals surface area contributed by atoms with Crippen LogP contribution in [-0.2, 0) is 84.3 Å². The number of amides is 5. The van der Waals surface area contributed by atoms with Crippen LogP contribution in [0.25, 0.3) is 0 Å². The molecule has 0 saturated carbocycles. The number of ether oxygens (including phenoxy) is 8. The third kappa shape index (κ3) is 61.8. The van der Waals surface area contributed by atoms with Crippen LogP contribution in [0.2, 0.25) is 0 Å². The van der Waals surface area contributed by atoms with Crippen LogP contribution >= 0.6 is 15.9 Å². The van der Waals surface area contributed by atoms with Crippen LogP contribution in [-0.4, -0.2) is 197 Å². The summed E-state index contributed by atoms with van der Waals surface area (Å²) in [5.74, 6) is 0.242. The second-order valence-electron chi connectivity index (χ2n) is 26.5. The number of carbonyl (C=O) groups excluding carboxylic acids is 6. The molecule has 5 aliphatic rings. The summed E-state index contributed by atoms with van der Waals surface area (Å²) >= 11 is 3.36. The molecule has 0 spiro atoms. The van der Waals surface area contributed by atoms with Crippen LogP contribution in [0.15, 0.2) is 121 Å². The number of Topliss-reactive ketones (excluding diaryl/α,β-unsaturated/α-hetero) is 1. The Hall–Kier alpha value is -5.22. The largest absolute Gasteiger partial charge is 1.00 e. The number of hydrogen-bond donors (Lipinski definition) is 1. The van der Waals surface area contributed by atoms with Gasteiger partial charge in [0.1, 0.15) is 5.78 Å². The number of rotatable bonds is 19. The van der Waals surface area contributed by atoms with Gasteiger partial charge in [0.2, 0.25) is 0 Å². The second kappa shape index (κ2) is 80.6. The summed E-state index contributed by atoms with van der Waals surface area (Å²) in [5.41, 5.74) is 4.91. The maximum Gasteiger partial charge on any atom is 1.00 e. The quantitative estimate of drug-likeness (QED) is 0.0400. The molecular weight excluding hydrogens is 1550 g/mol. The topological polar surface area (TPSA) is 213 Å². The van der Waals surface area contributed by atoms with Crippen molar-refractivity contribution in [2.45, 2.75) is 260 Å². The number of unbranched alkanes of at least 4 members (excludes halogenated alkanes) is 4. The second-order valence-corrected chi connectivity index (χ2v) is 27.0. The van der Waals surface area contributed by atoms with Gasteiger partial charge in [0.05, 0.1) is 77.3 Å². The molecule has 20 nitrogen and oxygen atoms in total. The minimum Gasteiger partial charge on any atom is -1.00 e. The number of carbonyl (C=O) groups is 6. The van der Waals surface area contributed by atoms with E-state index in [-0.39, 0.29) is 117 Å². The molecule has 2 unspecified atom stereocenters. The Morgan fingerprint density at radius 2 is 0.611 bits per heavy atom. The first kappa shape index (κ1) is 114. The molecule has 0 aromatic heterocycles. The Balaban J connectivity index is -0.000000404. The van der Waals surface area contributed by atoms with E-state index in [1.54, 1.807) is 38.3 Å². The molecular formula is C89H145BBrN5NaNiO15-4. The van der Waals surface area contributed by atoms with Gasteiger partial charge >= 0.3 is 60.0 Å². The fraction of sp³-hybridized carbons (Fsp3) is 0.618. The van der Waals surface area contributed by atoms with Gasteiger partial charge in [-0.3, -0.25) is 4.79 Å². The van der Waals surface area contributed by atoms with Crippen molar-refractivity contribution >= 4 is 60.6 Å². The van der Waals surface area contributed by atoms with Crippen molar-refractivity contribution in [1.29, 1.82) is 0 Å². The maximum absolute atomic E-state index is 11.7. The van der Waals surface area contributed by atoms with Crippen molar-refractivity contribution in [3.63, 3.8) is 0 Å². The standard InChI is InChI=1S/3C16H23NO3.C9H17NO3.C9H15NO3.C7H7Br.4C4H9.B.Na.Ni.H/c3*1-2-19-16(18)17-11-6-9-15(10-12-17)20-13-14-7-4-3-5-8-14;2*1-2-13-9(12)10-6-3-4-8(11)5-7-10;8-6-7-4-2-1-3-5-7;4*1-3-4-2;;;;/h3*3-5,7-8,15H,2,6,9-13H2,1H3;8,11H,2-7H2,1H3;2-7H2,1H3;1-5H,6H2;4*1,3-4H2,2H3;;;;/q;;;;;;4*-1;;+1;;-1/t2*15-;;;;;;;;;;;;/m10............/s1. The number of aliphatic hydroxyl groups excluding tert-OH is 1. The van der Waals surface area contributed by atoms with E-state index in [0.717, 1.165) is 147 Å². The van der Waals surface area contributed by atoms with E-state index in [2.05, 4.69) is 120 Å². The number of hydrogen-bond acceptors (Lipinski definition) is 15. The summed E-state index contributed by atoms with van der Waals surface area (Å²) in [6.45, 7) is 42.9. The normalized spacial score (nSPS) is 16.9. The van der Waals surface area contributed by atoms with Crippen LogP contribution in [0.4, 0.5) is 24.0 Å². The van der Waals surface area contributed by atoms with Gasteiger partial charge in [-0.05, 0) is 140 Å². The molecule has 5 saturated heterocycles. The molecule has 4 aromatic carbocycles. The van der Waals surface area contributed by atoms with Crippen molar-refractivity contribution < 1.29 is 119 Å². The zero-order valence-corrected chi connectivity index (χ0v) is 75.6. The summed E-state index contributed by atoms with van der Waals surface area (Å²) in [7, 11) is 0. The summed E-state index contributed by atoms with van der Waals surface area (Å²) in [6.07, 6.45) is 21.1. The van der Waals surface area contributed by atoms with Crippen molar-refractivity contribution in [2.24, 2.45) is 0 Å². The van der Waals surface area contributed by atoms with E-state index in [1.165, 1.54) is 47.9 Å². The fourth-order valence-electron chi connectivity index (χ4n) is 10.7. The van der Waals surface area contributed by atoms with Crippen LogP contribution in [0, 0.1) is 27.7 Å². The number of nitrogens with zero attached hydrogens (tertiary/aromatic N) is 5. The predicted octanol–water partition coefficient (Wildman–Crippen LogP) is 17.6. The number of halogens is 1. The number of likely N-dealkylation sites (tertiary alicyclic amines) is 5. The van der Waals surface area contributed by atoms with Crippen LogP contribution < -0.4 is 29.6 Å². The number of alkyl halides is 1. The monoisotopic (exact) mass is 1690 g/mol. The van der Waals surface area contributed by atoms with E-state index in [9.17, 15) is 33.9 Å². The zero-order chi connectivity index (χ0) is 81.5. The minimum absolute atomic E-state index is 0. The van der Waals surface area contributed by atoms with Gasteiger partial charge in [-0.25, -0.2) is 24.0 Å². The molecule has 3 radical (unpaired) electrons. The molecule has 1 N–H and O–H groups in total. The van der Waals surface area contributed by atoms with Crippen LogP contribution in [0.1, 0.15) is 234 Å². The molecule has 24 heteroatoms. The Bertz CT molecular complexity index is 2620. The van der Waals surface area contributed by atoms with Gasteiger partial charge in [0, 0.05) is 109 Å². The summed E-state index contributed by atoms with van der Waals surface area (Å²) in [5, 5.41) is 10.3. The predicted molar refractivity (Wildman–Crippen MR) is 455 cm³/mol. The molecule has 0 aliphatic carbocycles. The van der Waals surface area contributed by atoms with Crippen LogP contribution in [0.3, 0.4) is 0 Å². The van der Waals surface area contributed by atoms with Gasteiger partial charge < -0.3 is 96.6 Å². The first-order valence-electron chi connectivity index (χ1n) is 41.0. The third-order valence-corrected chi connectivity index (χ3v) is 17.9. The number of benzene rings is 4. The Kier molecular flexibility index (Phi) is 81.3. The van der Waals surface area contributed by atoms with Crippen molar-refractivity contribution in [1.82, 2.24) is 24.5 Å². The van der Waals surface area contributed by atoms with Crippen LogP contribution in [0.5, 0.6) is 0 Å². The van der Waals surface area contributed by atoms with Crippen molar-refractivity contribution in [2.75, 3.05) is 98.5 Å². The number of ketones is 1. The van der Waals surface area contributed by atoms with E-state index in [4.69, 9.17) is 37.9 Å². The molecule has 0 bridgehead atoms. The third-order valence-electron chi connectivity index (χ3n) is 17.3. The Labute approximate surface area is 728 Å².